The van der Waals surface area contributed by atoms with E-state index in [4.69, 9.17) is 11.6 Å². The minimum absolute atomic E-state index is 0.0112. The molecule has 6 heteroatoms. The van der Waals surface area contributed by atoms with Gasteiger partial charge in [-0.25, -0.2) is 9.97 Å². The maximum absolute atomic E-state index is 12.7. The van der Waals surface area contributed by atoms with Gasteiger partial charge >= 0.3 is 0 Å². The number of halogens is 1. The monoisotopic (exact) mass is 368 g/mol. The third-order valence-electron chi connectivity index (χ3n) is 4.88. The van der Waals surface area contributed by atoms with Crippen molar-refractivity contribution in [1.82, 2.24) is 19.9 Å². The van der Waals surface area contributed by atoms with Crippen LogP contribution in [-0.4, -0.2) is 26.5 Å². The summed E-state index contributed by atoms with van der Waals surface area (Å²) in [6, 6.07) is 11.5. The van der Waals surface area contributed by atoms with Crippen molar-refractivity contribution in [2.24, 2.45) is 0 Å². The summed E-state index contributed by atoms with van der Waals surface area (Å²) in [4.78, 5) is 21.8. The van der Waals surface area contributed by atoms with Gasteiger partial charge in [-0.15, -0.1) is 0 Å². The molecule has 3 aromatic rings. The van der Waals surface area contributed by atoms with Gasteiger partial charge in [0.25, 0.3) is 0 Å². The summed E-state index contributed by atoms with van der Waals surface area (Å²) in [5, 5.41) is 3.84. The molecule has 1 N–H and O–H groups in total. The van der Waals surface area contributed by atoms with E-state index in [1.54, 1.807) is 6.20 Å². The number of carbonyl (C=O) groups excluding carboxylic acids is 1. The first kappa shape index (κ1) is 17.0. The summed E-state index contributed by atoms with van der Waals surface area (Å²) in [5.74, 6) is 0.742. The Morgan fingerprint density at radius 1 is 1.15 bits per heavy atom. The van der Waals surface area contributed by atoms with Gasteiger partial charge in [0.15, 0.2) is 5.65 Å². The smallest absolute Gasteiger partial charge is 0.240 e. The topological polar surface area (TPSA) is 59.8 Å². The molecular weight excluding hydrogens is 348 g/mol. The molecule has 4 rings (SSSR count). The third-order valence-corrected chi connectivity index (χ3v) is 5.13. The van der Waals surface area contributed by atoms with Gasteiger partial charge in [0, 0.05) is 22.8 Å². The zero-order chi connectivity index (χ0) is 17.9. The molecule has 2 heterocycles. The van der Waals surface area contributed by atoms with E-state index in [0.29, 0.717) is 5.02 Å². The molecule has 1 saturated carbocycles. The van der Waals surface area contributed by atoms with Crippen LogP contribution < -0.4 is 5.32 Å². The Kier molecular flexibility index (Phi) is 4.89. The highest BCUT2D eigenvalue weighted by Crippen LogP contribution is 2.25. The van der Waals surface area contributed by atoms with Gasteiger partial charge in [0.05, 0.1) is 0 Å². The average molecular weight is 369 g/mol. The van der Waals surface area contributed by atoms with Gasteiger partial charge in [-0.3, -0.25) is 9.36 Å². The van der Waals surface area contributed by atoms with Gasteiger partial charge in [-0.05, 0) is 49.2 Å². The third kappa shape index (κ3) is 3.58. The molecule has 0 saturated heterocycles. The molecule has 0 aliphatic heterocycles. The Labute approximate surface area is 157 Å². The lowest BCUT2D eigenvalue weighted by Gasteiger charge is -2.23. The number of rotatable bonds is 4. The van der Waals surface area contributed by atoms with Crippen molar-refractivity contribution in [3.8, 4) is 11.4 Å². The first-order valence-corrected chi connectivity index (χ1v) is 9.45. The molecule has 0 bridgehead atoms. The van der Waals surface area contributed by atoms with E-state index in [2.05, 4.69) is 15.3 Å². The number of fused-ring (bicyclic) bond motifs is 1. The van der Waals surface area contributed by atoms with E-state index in [-0.39, 0.29) is 18.5 Å². The summed E-state index contributed by atoms with van der Waals surface area (Å²) >= 11 is 6.01. The summed E-state index contributed by atoms with van der Waals surface area (Å²) in [6.45, 7) is 0.210. The van der Waals surface area contributed by atoms with Gasteiger partial charge in [0.2, 0.25) is 5.91 Å². The van der Waals surface area contributed by atoms with Crippen molar-refractivity contribution in [1.29, 1.82) is 0 Å². The summed E-state index contributed by atoms with van der Waals surface area (Å²) in [5.41, 5.74) is 2.41. The molecule has 5 nitrogen and oxygen atoms in total. The van der Waals surface area contributed by atoms with E-state index in [0.717, 1.165) is 35.4 Å². The van der Waals surface area contributed by atoms with Crippen LogP contribution in [0.5, 0.6) is 0 Å². The zero-order valence-electron chi connectivity index (χ0n) is 14.5. The molecule has 1 aliphatic rings. The zero-order valence-corrected chi connectivity index (χ0v) is 15.2. The van der Waals surface area contributed by atoms with Crippen molar-refractivity contribution in [3.05, 3.63) is 47.6 Å². The normalized spacial score (nSPS) is 15.3. The first-order valence-electron chi connectivity index (χ1n) is 9.07. The van der Waals surface area contributed by atoms with Crippen LogP contribution in [0, 0.1) is 0 Å². The molecule has 1 amide bonds. The number of hydrogen-bond donors (Lipinski definition) is 1. The number of amides is 1. The van der Waals surface area contributed by atoms with E-state index >= 15 is 0 Å². The Morgan fingerprint density at radius 3 is 2.69 bits per heavy atom. The quantitative estimate of drug-likeness (QED) is 0.750. The molecular formula is C20H21ClN4O. The predicted molar refractivity (Wildman–Crippen MR) is 103 cm³/mol. The van der Waals surface area contributed by atoms with Crippen LogP contribution in [0.1, 0.15) is 32.1 Å². The standard InChI is InChI=1S/C20H21ClN4O/c21-15-10-8-14(9-11-15)19-24-17-7-4-12-22-20(17)25(19)13-18(26)23-16-5-2-1-3-6-16/h4,7-12,16H,1-3,5-6,13H2,(H,23,26). The fourth-order valence-electron chi connectivity index (χ4n) is 3.59. The SMILES string of the molecule is O=C(Cn1c(-c2ccc(Cl)cc2)nc2cccnc21)NC1CCCCC1. The van der Waals surface area contributed by atoms with E-state index in [1.807, 2.05) is 41.0 Å². The minimum Gasteiger partial charge on any atom is -0.352 e. The number of carbonyl (C=O) groups is 1. The lowest BCUT2D eigenvalue weighted by atomic mass is 9.95. The summed E-state index contributed by atoms with van der Waals surface area (Å²) in [6.07, 6.45) is 7.51. The number of imidazole rings is 1. The molecule has 0 unspecified atom stereocenters. The molecule has 0 spiro atoms. The minimum atomic E-state index is 0.0112. The number of pyridine rings is 1. The Bertz CT molecular complexity index is 913. The van der Waals surface area contributed by atoms with E-state index in [1.165, 1.54) is 19.3 Å². The predicted octanol–water partition coefficient (Wildman–Crippen LogP) is 4.20. The van der Waals surface area contributed by atoms with E-state index in [9.17, 15) is 4.79 Å². The fourth-order valence-corrected chi connectivity index (χ4v) is 3.72. The summed E-state index contributed by atoms with van der Waals surface area (Å²) in [7, 11) is 0. The van der Waals surface area contributed by atoms with Crippen molar-refractivity contribution in [3.63, 3.8) is 0 Å². The number of nitrogens with one attached hydrogen (secondary N) is 1. The van der Waals surface area contributed by atoms with Gasteiger partial charge in [-0.2, -0.15) is 0 Å². The molecule has 1 aromatic carbocycles. The fraction of sp³-hybridized carbons (Fsp3) is 0.350. The highest BCUT2D eigenvalue weighted by Gasteiger charge is 2.19. The molecule has 0 radical (unpaired) electrons. The lowest BCUT2D eigenvalue weighted by Crippen LogP contribution is -2.38. The maximum atomic E-state index is 12.7. The molecule has 26 heavy (non-hydrogen) atoms. The van der Waals surface area contributed by atoms with Crippen LogP contribution in [-0.2, 0) is 11.3 Å². The van der Waals surface area contributed by atoms with Crippen LogP contribution in [0.2, 0.25) is 5.02 Å². The van der Waals surface area contributed by atoms with Crippen LogP contribution in [0.25, 0.3) is 22.6 Å². The second kappa shape index (κ2) is 7.46. The van der Waals surface area contributed by atoms with E-state index < -0.39 is 0 Å². The van der Waals surface area contributed by atoms with Crippen LogP contribution >= 0.6 is 11.6 Å². The Hall–Kier alpha value is -2.40. The molecule has 1 fully saturated rings. The lowest BCUT2D eigenvalue weighted by molar-refractivity contribution is -0.122. The largest absolute Gasteiger partial charge is 0.352 e. The molecule has 1 aliphatic carbocycles. The second-order valence-electron chi connectivity index (χ2n) is 6.78. The Morgan fingerprint density at radius 2 is 1.92 bits per heavy atom. The number of nitrogens with zero attached hydrogens (tertiary/aromatic N) is 3. The highest BCUT2D eigenvalue weighted by atomic mass is 35.5. The second-order valence-corrected chi connectivity index (χ2v) is 7.21. The van der Waals surface area contributed by atoms with Crippen LogP contribution in [0.4, 0.5) is 0 Å². The first-order chi connectivity index (χ1) is 12.7. The van der Waals surface area contributed by atoms with Crippen LogP contribution in [0.3, 0.4) is 0 Å². The number of hydrogen-bond acceptors (Lipinski definition) is 3. The molecule has 134 valence electrons. The van der Waals surface area contributed by atoms with Crippen molar-refractivity contribution >= 4 is 28.7 Å². The van der Waals surface area contributed by atoms with Gasteiger partial charge in [0.1, 0.15) is 17.9 Å². The summed E-state index contributed by atoms with van der Waals surface area (Å²) < 4.78 is 1.89. The molecule has 2 aromatic heterocycles. The van der Waals surface area contributed by atoms with Gasteiger partial charge in [-0.1, -0.05) is 30.9 Å². The van der Waals surface area contributed by atoms with Crippen molar-refractivity contribution < 1.29 is 4.79 Å². The molecule has 0 atom stereocenters. The number of aromatic nitrogens is 3. The van der Waals surface area contributed by atoms with Crippen molar-refractivity contribution in [2.45, 2.75) is 44.7 Å². The highest BCUT2D eigenvalue weighted by molar-refractivity contribution is 6.30. The van der Waals surface area contributed by atoms with Crippen LogP contribution in [0.15, 0.2) is 42.6 Å². The number of benzene rings is 1. The maximum Gasteiger partial charge on any atom is 0.240 e. The average Bonchev–Trinajstić information content (AvgIpc) is 3.02. The van der Waals surface area contributed by atoms with Gasteiger partial charge < -0.3 is 5.32 Å². The Balaban J connectivity index is 1.65. The van der Waals surface area contributed by atoms with Crippen molar-refractivity contribution in [2.75, 3.05) is 0 Å².